The Hall–Kier alpha value is -2.74. The van der Waals surface area contributed by atoms with Gasteiger partial charge in [0, 0.05) is 39.7 Å². The van der Waals surface area contributed by atoms with Crippen LogP contribution in [-0.2, 0) is 10.8 Å². The SMILES string of the molecule is CC(C)(C)c1cc2ccccc2cn1.CC(C)(C)c1nccc2ccccc12. The average Bonchev–Trinajstić information content (AvgIpc) is 2.66. The Morgan fingerprint density at radius 1 is 0.607 bits per heavy atom. The van der Waals surface area contributed by atoms with Crippen LogP contribution in [0.5, 0.6) is 0 Å². The first-order chi connectivity index (χ1) is 13.2. The van der Waals surface area contributed by atoms with Gasteiger partial charge in [0.25, 0.3) is 0 Å². The highest BCUT2D eigenvalue weighted by molar-refractivity contribution is 5.85. The third-order valence-corrected chi connectivity index (χ3v) is 4.78. The minimum absolute atomic E-state index is 0.112. The van der Waals surface area contributed by atoms with E-state index in [9.17, 15) is 0 Å². The molecule has 144 valence electrons. The molecule has 0 aliphatic carbocycles. The van der Waals surface area contributed by atoms with Crippen molar-refractivity contribution in [1.29, 1.82) is 0 Å². The van der Waals surface area contributed by atoms with Crippen molar-refractivity contribution in [3.05, 3.63) is 84.4 Å². The van der Waals surface area contributed by atoms with Crippen molar-refractivity contribution in [2.75, 3.05) is 0 Å². The van der Waals surface area contributed by atoms with Gasteiger partial charge in [-0.05, 0) is 22.9 Å². The van der Waals surface area contributed by atoms with E-state index in [2.05, 4.69) is 106 Å². The van der Waals surface area contributed by atoms with Crippen molar-refractivity contribution in [1.82, 2.24) is 9.97 Å². The first kappa shape index (κ1) is 20.0. The van der Waals surface area contributed by atoms with Crippen LogP contribution in [-0.4, -0.2) is 9.97 Å². The molecule has 0 radical (unpaired) electrons. The summed E-state index contributed by atoms with van der Waals surface area (Å²) in [6.07, 6.45) is 3.85. The molecule has 4 rings (SSSR count). The molecule has 2 aromatic carbocycles. The fourth-order valence-electron chi connectivity index (χ4n) is 3.21. The van der Waals surface area contributed by atoms with Crippen LogP contribution in [0.25, 0.3) is 21.5 Å². The first-order valence-electron chi connectivity index (χ1n) is 9.86. The molecule has 0 N–H and O–H groups in total. The Morgan fingerprint density at radius 2 is 1.21 bits per heavy atom. The van der Waals surface area contributed by atoms with E-state index in [4.69, 9.17) is 0 Å². The Balaban J connectivity index is 0.000000161. The minimum Gasteiger partial charge on any atom is -0.260 e. The molecule has 0 bridgehead atoms. The van der Waals surface area contributed by atoms with E-state index in [1.54, 1.807) is 0 Å². The summed E-state index contributed by atoms with van der Waals surface area (Å²) in [6, 6.07) is 21.0. The van der Waals surface area contributed by atoms with E-state index >= 15 is 0 Å². The van der Waals surface area contributed by atoms with Gasteiger partial charge in [0.15, 0.2) is 0 Å². The number of aromatic nitrogens is 2. The second-order valence-corrected chi connectivity index (χ2v) is 9.30. The number of nitrogens with zero attached hydrogens (tertiary/aromatic N) is 2. The first-order valence-corrected chi connectivity index (χ1v) is 9.86. The molecular weight excluding hydrogens is 340 g/mol. The lowest BCUT2D eigenvalue weighted by atomic mass is 9.88. The quantitative estimate of drug-likeness (QED) is 0.331. The smallest absolute Gasteiger partial charge is 0.0535 e. The Labute approximate surface area is 168 Å². The zero-order valence-electron chi connectivity index (χ0n) is 17.8. The van der Waals surface area contributed by atoms with E-state index in [1.165, 1.54) is 27.2 Å². The van der Waals surface area contributed by atoms with Crippen LogP contribution in [0, 0.1) is 0 Å². The van der Waals surface area contributed by atoms with Crippen molar-refractivity contribution in [3.63, 3.8) is 0 Å². The topological polar surface area (TPSA) is 25.8 Å². The monoisotopic (exact) mass is 370 g/mol. The molecule has 0 unspecified atom stereocenters. The number of fused-ring (bicyclic) bond motifs is 2. The van der Waals surface area contributed by atoms with Crippen LogP contribution in [0.15, 0.2) is 73.1 Å². The van der Waals surface area contributed by atoms with Crippen LogP contribution in [0.4, 0.5) is 0 Å². The Bertz CT molecular complexity index is 1070. The summed E-state index contributed by atoms with van der Waals surface area (Å²) in [6.45, 7) is 13.1. The van der Waals surface area contributed by atoms with Crippen LogP contribution in [0.3, 0.4) is 0 Å². The maximum absolute atomic E-state index is 4.48. The predicted molar refractivity (Wildman–Crippen MR) is 121 cm³/mol. The summed E-state index contributed by atoms with van der Waals surface area (Å²) in [7, 11) is 0. The molecule has 0 saturated heterocycles. The van der Waals surface area contributed by atoms with E-state index in [1.807, 2.05) is 18.5 Å². The molecule has 28 heavy (non-hydrogen) atoms. The van der Waals surface area contributed by atoms with Gasteiger partial charge in [0.2, 0.25) is 0 Å². The molecule has 4 aromatic rings. The molecule has 0 atom stereocenters. The standard InChI is InChI=1S/2C13H15N/c1-13(2,3)12-8-10-6-4-5-7-11(10)9-14-12;1-13(2,3)12-11-7-5-4-6-10(11)8-9-14-12/h2*4-9H,1-3H3. The summed E-state index contributed by atoms with van der Waals surface area (Å²) in [5.74, 6) is 0. The molecule has 2 heterocycles. The van der Waals surface area contributed by atoms with Crippen LogP contribution < -0.4 is 0 Å². The van der Waals surface area contributed by atoms with Gasteiger partial charge in [0.1, 0.15) is 0 Å². The normalized spacial score (nSPS) is 11.9. The zero-order chi connectivity index (χ0) is 20.4. The minimum atomic E-state index is 0.112. The van der Waals surface area contributed by atoms with Gasteiger partial charge < -0.3 is 0 Å². The van der Waals surface area contributed by atoms with Crippen LogP contribution in [0.2, 0.25) is 0 Å². The van der Waals surface area contributed by atoms with E-state index in [0.717, 1.165) is 5.69 Å². The molecule has 0 spiro atoms. The largest absolute Gasteiger partial charge is 0.260 e. The van der Waals surface area contributed by atoms with Gasteiger partial charge in [-0.3, -0.25) is 9.97 Å². The number of hydrogen-bond acceptors (Lipinski definition) is 2. The zero-order valence-corrected chi connectivity index (χ0v) is 17.8. The van der Waals surface area contributed by atoms with Crippen molar-refractivity contribution in [2.24, 2.45) is 0 Å². The van der Waals surface area contributed by atoms with Gasteiger partial charge in [-0.2, -0.15) is 0 Å². The lowest BCUT2D eigenvalue weighted by Gasteiger charge is -2.19. The van der Waals surface area contributed by atoms with Crippen molar-refractivity contribution in [2.45, 2.75) is 52.4 Å². The maximum Gasteiger partial charge on any atom is 0.0535 e. The van der Waals surface area contributed by atoms with Gasteiger partial charge in [-0.25, -0.2) is 0 Å². The summed E-state index contributed by atoms with van der Waals surface area (Å²) in [5, 5.41) is 5.02. The van der Waals surface area contributed by atoms with Crippen molar-refractivity contribution < 1.29 is 0 Å². The van der Waals surface area contributed by atoms with Crippen LogP contribution >= 0.6 is 0 Å². The summed E-state index contributed by atoms with van der Waals surface area (Å²) in [5.41, 5.74) is 2.57. The molecule has 2 heteroatoms. The molecule has 0 aliphatic rings. The fourth-order valence-corrected chi connectivity index (χ4v) is 3.21. The second kappa shape index (κ2) is 7.71. The number of benzene rings is 2. The predicted octanol–water partition coefficient (Wildman–Crippen LogP) is 7.06. The van der Waals surface area contributed by atoms with Crippen LogP contribution in [0.1, 0.15) is 52.9 Å². The number of hydrogen-bond donors (Lipinski definition) is 0. The highest BCUT2D eigenvalue weighted by Gasteiger charge is 2.17. The van der Waals surface area contributed by atoms with E-state index in [-0.39, 0.29) is 10.8 Å². The van der Waals surface area contributed by atoms with Gasteiger partial charge in [0.05, 0.1) is 5.69 Å². The van der Waals surface area contributed by atoms with Gasteiger partial charge >= 0.3 is 0 Å². The summed E-state index contributed by atoms with van der Waals surface area (Å²) < 4.78 is 0. The molecule has 2 nitrogen and oxygen atoms in total. The van der Waals surface area contributed by atoms with E-state index in [0.29, 0.717) is 0 Å². The molecule has 2 aromatic heterocycles. The van der Waals surface area contributed by atoms with Crippen molar-refractivity contribution >= 4 is 21.5 Å². The molecule has 0 fully saturated rings. The molecule has 0 saturated carbocycles. The second-order valence-electron chi connectivity index (χ2n) is 9.30. The Morgan fingerprint density at radius 3 is 1.86 bits per heavy atom. The fraction of sp³-hybridized carbons (Fsp3) is 0.308. The van der Waals surface area contributed by atoms with Gasteiger partial charge in [-0.1, -0.05) is 90.1 Å². The summed E-state index contributed by atoms with van der Waals surface area (Å²) >= 11 is 0. The van der Waals surface area contributed by atoms with Crippen molar-refractivity contribution in [3.8, 4) is 0 Å². The molecule has 0 amide bonds. The molecule has 0 aliphatic heterocycles. The Kier molecular flexibility index (Phi) is 5.51. The average molecular weight is 371 g/mol. The van der Waals surface area contributed by atoms with E-state index < -0.39 is 0 Å². The molecular formula is C26H30N2. The summed E-state index contributed by atoms with van der Waals surface area (Å²) in [4.78, 5) is 8.96. The lowest BCUT2D eigenvalue weighted by molar-refractivity contribution is 0.570. The number of rotatable bonds is 0. The third-order valence-electron chi connectivity index (χ3n) is 4.78. The maximum atomic E-state index is 4.48. The highest BCUT2D eigenvalue weighted by Crippen LogP contribution is 2.27. The third kappa shape index (κ3) is 4.56. The van der Waals surface area contributed by atoms with Gasteiger partial charge in [-0.15, -0.1) is 0 Å². The lowest BCUT2D eigenvalue weighted by Crippen LogP contribution is -2.13. The number of pyridine rings is 2. The highest BCUT2D eigenvalue weighted by atomic mass is 14.7.